The number of nitrogens with zero attached hydrogens (tertiary/aromatic N) is 7. The summed E-state index contributed by atoms with van der Waals surface area (Å²) in [6.45, 7) is 3.24. The number of hydrogen-bond acceptors (Lipinski definition) is 19. The van der Waals surface area contributed by atoms with E-state index in [1.165, 1.54) is 27.9 Å². The number of rotatable bonds is 19. The summed E-state index contributed by atoms with van der Waals surface area (Å²) in [4.78, 5) is 85.7. The number of amides is 1. The molecule has 5 rings (SSSR count). The zero-order valence-electron chi connectivity index (χ0n) is 30.3. The number of aromatic nitrogens is 6. The number of aliphatic hydroxyl groups excluding tert-OH is 2. The van der Waals surface area contributed by atoms with E-state index < -0.39 is 101 Å². The van der Waals surface area contributed by atoms with Crippen molar-refractivity contribution in [1.82, 2.24) is 34.0 Å². The Labute approximate surface area is 322 Å². The van der Waals surface area contributed by atoms with E-state index in [9.17, 15) is 48.4 Å². The van der Waals surface area contributed by atoms with Crippen LogP contribution >= 0.6 is 15.4 Å². The van der Waals surface area contributed by atoms with Crippen LogP contribution in [-0.4, -0.2) is 146 Å². The van der Waals surface area contributed by atoms with Gasteiger partial charge in [-0.1, -0.05) is 6.08 Å². The second-order valence-electron chi connectivity index (χ2n) is 12.7. The number of esters is 1. The normalized spacial score (nSPS) is 26.0. The fourth-order valence-electron chi connectivity index (χ4n) is 6.18. The van der Waals surface area contributed by atoms with E-state index >= 15 is 0 Å². The molecule has 3 aromatic rings. The van der Waals surface area contributed by atoms with Crippen LogP contribution in [0.1, 0.15) is 32.2 Å². The van der Waals surface area contributed by atoms with Gasteiger partial charge in [0.1, 0.15) is 54.3 Å². The van der Waals surface area contributed by atoms with Crippen LogP contribution in [0.3, 0.4) is 0 Å². The molecular weight excluding hydrogens is 804 g/mol. The summed E-state index contributed by atoms with van der Waals surface area (Å²) in [6.07, 6.45) is -6.66. The first-order chi connectivity index (χ1) is 26.9. The van der Waals surface area contributed by atoms with Crippen LogP contribution in [0.5, 0.6) is 0 Å². The highest BCUT2D eigenvalue weighted by Crippen LogP contribution is 2.56. The topological polar surface area (TPSA) is 359 Å². The number of ether oxygens (including phenoxy) is 4. The Kier molecular flexibility index (Phi) is 14.3. The summed E-state index contributed by atoms with van der Waals surface area (Å²) in [7, 11) is -10.4. The summed E-state index contributed by atoms with van der Waals surface area (Å²) >= 11 is 0. The third kappa shape index (κ3) is 10.5. The minimum atomic E-state index is -5.24. The molecule has 0 aliphatic carbocycles. The Morgan fingerprint density at radius 2 is 1.74 bits per heavy atom. The molecule has 2 saturated heterocycles. The number of phosphoric ester groups is 1. The molecule has 314 valence electrons. The lowest BCUT2D eigenvalue weighted by atomic mass is 10.1. The molecule has 2 fully saturated rings. The van der Waals surface area contributed by atoms with Gasteiger partial charge < -0.3 is 64.7 Å². The Morgan fingerprint density at radius 3 is 2.42 bits per heavy atom. The minimum absolute atomic E-state index is 0.00599. The molecule has 57 heavy (non-hydrogen) atoms. The molecular formula is C30H43N9O16P2. The molecule has 0 spiro atoms. The lowest BCUT2D eigenvalue weighted by Crippen LogP contribution is -2.43. The number of phosphoric acid groups is 1. The second-order valence-corrected chi connectivity index (χ2v) is 15.9. The summed E-state index contributed by atoms with van der Waals surface area (Å²) < 4.78 is 60.1. The number of nitrogens with two attached hydrogens (primary N) is 2. The SMILES string of the molecule is C=CCCC(=O)N(CCOCC)CC(=O)O[C@H]1[C@@H](O)[C@H](n2cnc3c(N)ncnc32)O[C@@H]1COP(=O)(O)[C@@H]1C(COP(=O)(O)O)O[C@@H](n2ccc(N)nc2=O)[C@@H]1O. The van der Waals surface area contributed by atoms with E-state index in [1.807, 2.05) is 0 Å². The second kappa shape index (κ2) is 18.6. The molecule has 25 nitrogen and oxygen atoms in total. The van der Waals surface area contributed by atoms with Crippen molar-refractivity contribution in [1.29, 1.82) is 0 Å². The summed E-state index contributed by atoms with van der Waals surface area (Å²) in [5, 5.41) is 22.8. The first-order valence-corrected chi connectivity index (χ1v) is 20.4. The number of allylic oxidation sites excluding steroid dienone is 1. The highest BCUT2D eigenvalue weighted by atomic mass is 31.2. The van der Waals surface area contributed by atoms with Crippen molar-refractivity contribution in [2.45, 2.75) is 68.4 Å². The summed E-state index contributed by atoms with van der Waals surface area (Å²) in [6, 6.07) is 1.17. The molecule has 5 heterocycles. The van der Waals surface area contributed by atoms with Crippen LogP contribution in [-0.2, 0) is 46.7 Å². The number of anilines is 2. The van der Waals surface area contributed by atoms with Gasteiger partial charge in [0.15, 0.2) is 30.0 Å². The number of aliphatic hydroxyl groups is 2. The lowest BCUT2D eigenvalue weighted by molar-refractivity contribution is -0.160. The maximum absolute atomic E-state index is 14.0. The fraction of sp³-hybridized carbons (Fsp3) is 0.567. The molecule has 0 bridgehead atoms. The van der Waals surface area contributed by atoms with Gasteiger partial charge in [-0.3, -0.25) is 27.8 Å². The molecule has 9 atom stereocenters. The molecule has 0 saturated carbocycles. The average molecular weight is 848 g/mol. The summed E-state index contributed by atoms with van der Waals surface area (Å²) in [5.74, 6) is -1.62. The number of carbonyl (C=O) groups is 2. The number of nitrogen functional groups attached to an aromatic ring is 2. The molecule has 9 N–H and O–H groups in total. The van der Waals surface area contributed by atoms with Crippen LogP contribution in [0, 0.1) is 0 Å². The highest BCUT2D eigenvalue weighted by molar-refractivity contribution is 7.53. The molecule has 0 aromatic carbocycles. The maximum atomic E-state index is 14.0. The number of hydrogen-bond donors (Lipinski definition) is 7. The molecule has 3 aromatic heterocycles. The Bertz CT molecular complexity index is 2070. The predicted molar refractivity (Wildman–Crippen MR) is 192 cm³/mol. The maximum Gasteiger partial charge on any atom is 0.469 e. The first kappa shape index (κ1) is 43.9. The zero-order valence-corrected chi connectivity index (χ0v) is 32.1. The van der Waals surface area contributed by atoms with Crippen molar-refractivity contribution in [3.63, 3.8) is 0 Å². The standard InChI is InChI=1S/C30H43N9O16P2/c1-3-5-6-19(40)37(9-10-50-4-2)11-20(41)55-24-16(53-28(22(24)42)39-15-35-21-26(32)33-14-34-27(21)39)12-51-56(45,46)25-17(13-52-57(47,48)49)54-29(23(25)43)38-8-7-18(31)36-30(38)44/h3,7-8,14-17,22-25,28-29,42-43H,1,4-6,9-13H2,2H3,(H,45,46)(H2,31,36,44)(H2,32,33,34)(H2,47,48,49)/t16-,17?,22-,23-,24-,25-,28-,29-/m1/s1. The average Bonchev–Trinajstić information content (AvgIpc) is 3.82. The Hall–Kier alpha value is -4.23. The van der Waals surface area contributed by atoms with Gasteiger partial charge in [-0.05, 0) is 19.4 Å². The van der Waals surface area contributed by atoms with E-state index in [2.05, 4.69) is 31.0 Å². The van der Waals surface area contributed by atoms with E-state index in [-0.39, 0.29) is 42.4 Å². The largest absolute Gasteiger partial charge is 0.469 e. The third-order valence-corrected chi connectivity index (χ3v) is 11.2. The van der Waals surface area contributed by atoms with Crippen molar-refractivity contribution in [3.8, 4) is 0 Å². The minimum Gasteiger partial charge on any atom is -0.455 e. The van der Waals surface area contributed by atoms with Crippen LogP contribution in [0.15, 0.2) is 42.4 Å². The third-order valence-electron chi connectivity index (χ3n) is 8.85. The monoisotopic (exact) mass is 847 g/mol. The van der Waals surface area contributed by atoms with Gasteiger partial charge in [0.25, 0.3) is 0 Å². The van der Waals surface area contributed by atoms with Gasteiger partial charge in [0.2, 0.25) is 5.91 Å². The van der Waals surface area contributed by atoms with Crippen molar-refractivity contribution in [2.24, 2.45) is 0 Å². The quantitative estimate of drug-likeness (QED) is 0.0302. The molecule has 2 aliphatic heterocycles. The predicted octanol–water partition coefficient (Wildman–Crippen LogP) is -1.81. The smallest absolute Gasteiger partial charge is 0.455 e. The Balaban J connectivity index is 1.41. The molecule has 0 radical (unpaired) electrons. The lowest BCUT2D eigenvalue weighted by Gasteiger charge is -2.27. The molecule has 27 heteroatoms. The number of carbonyl (C=O) groups excluding carboxylic acids is 2. The molecule has 2 unspecified atom stereocenters. The first-order valence-electron chi connectivity index (χ1n) is 17.2. The number of fused-ring (bicyclic) bond motifs is 1. The fourth-order valence-corrected chi connectivity index (χ4v) is 8.16. The van der Waals surface area contributed by atoms with Crippen molar-refractivity contribution >= 4 is 50.1 Å². The van der Waals surface area contributed by atoms with Crippen LogP contribution in [0.2, 0.25) is 0 Å². The van der Waals surface area contributed by atoms with Gasteiger partial charge >= 0.3 is 27.1 Å². The van der Waals surface area contributed by atoms with E-state index in [1.54, 1.807) is 6.92 Å². The van der Waals surface area contributed by atoms with Crippen LogP contribution in [0.25, 0.3) is 11.2 Å². The zero-order chi connectivity index (χ0) is 41.7. The van der Waals surface area contributed by atoms with Crippen molar-refractivity contribution < 1.29 is 71.6 Å². The van der Waals surface area contributed by atoms with Crippen LogP contribution < -0.4 is 17.2 Å². The Morgan fingerprint density at radius 1 is 1.04 bits per heavy atom. The molecule has 2 aliphatic rings. The van der Waals surface area contributed by atoms with E-state index in [0.29, 0.717) is 13.0 Å². The van der Waals surface area contributed by atoms with Crippen molar-refractivity contribution in [3.05, 3.63) is 48.1 Å². The van der Waals surface area contributed by atoms with Crippen molar-refractivity contribution in [2.75, 3.05) is 51.0 Å². The molecule has 1 amide bonds. The van der Waals surface area contributed by atoms with E-state index in [0.717, 1.165) is 17.1 Å². The van der Waals surface area contributed by atoms with Gasteiger partial charge in [0.05, 0.1) is 26.1 Å². The van der Waals surface area contributed by atoms with Crippen LogP contribution in [0.4, 0.5) is 11.6 Å². The van der Waals surface area contributed by atoms with Gasteiger partial charge in [-0.2, -0.15) is 4.98 Å². The highest BCUT2D eigenvalue weighted by Gasteiger charge is 2.56. The van der Waals surface area contributed by atoms with Gasteiger partial charge in [-0.15, -0.1) is 6.58 Å². The van der Waals surface area contributed by atoms with Gasteiger partial charge in [-0.25, -0.2) is 24.3 Å². The number of imidazole rings is 1. The summed E-state index contributed by atoms with van der Waals surface area (Å²) in [5.41, 5.74) is 8.62. The van der Waals surface area contributed by atoms with E-state index in [4.69, 9.17) is 34.9 Å². The van der Waals surface area contributed by atoms with Gasteiger partial charge in [0, 0.05) is 25.8 Å².